The molecule has 0 atom stereocenters. The van der Waals surface area contributed by atoms with E-state index in [-0.39, 0.29) is 11.8 Å². The van der Waals surface area contributed by atoms with Crippen molar-refractivity contribution in [1.82, 2.24) is 14.8 Å². The highest BCUT2D eigenvalue weighted by molar-refractivity contribution is 5.95. The minimum atomic E-state index is -0.543. The van der Waals surface area contributed by atoms with Crippen LogP contribution in [0.3, 0.4) is 0 Å². The fourth-order valence-corrected chi connectivity index (χ4v) is 5.09. The molecule has 176 valence electrons. The molecule has 7 nitrogen and oxygen atoms in total. The van der Waals surface area contributed by atoms with E-state index in [1.807, 2.05) is 47.5 Å². The van der Waals surface area contributed by atoms with Crippen molar-refractivity contribution >= 4 is 11.8 Å². The summed E-state index contributed by atoms with van der Waals surface area (Å²) in [7, 11) is 3.25. The van der Waals surface area contributed by atoms with Crippen LogP contribution in [0.1, 0.15) is 51.7 Å². The number of aromatic nitrogens is 1. The molecule has 5 rings (SSSR count). The van der Waals surface area contributed by atoms with Gasteiger partial charge in [-0.1, -0.05) is 13.0 Å². The number of ether oxygens (including phenoxy) is 2. The number of hydrogen-bond acceptors (Lipinski definition) is 4. The van der Waals surface area contributed by atoms with E-state index in [1.54, 1.807) is 20.2 Å². The number of amides is 2. The van der Waals surface area contributed by atoms with Crippen LogP contribution in [0.5, 0.6) is 11.5 Å². The minimum Gasteiger partial charge on any atom is -0.496 e. The summed E-state index contributed by atoms with van der Waals surface area (Å²) in [6.07, 6.45) is 4.20. The predicted molar refractivity (Wildman–Crippen MR) is 129 cm³/mol. The van der Waals surface area contributed by atoms with E-state index in [0.717, 1.165) is 29.1 Å². The molecule has 2 amide bonds. The summed E-state index contributed by atoms with van der Waals surface area (Å²) in [6.45, 7) is 3.22. The van der Waals surface area contributed by atoms with Crippen molar-refractivity contribution in [2.45, 2.75) is 31.8 Å². The molecule has 1 N–H and O–H groups in total. The van der Waals surface area contributed by atoms with Gasteiger partial charge in [-0.15, -0.1) is 0 Å². The molecule has 1 fully saturated rings. The van der Waals surface area contributed by atoms with Crippen LogP contribution in [-0.4, -0.2) is 48.5 Å². The zero-order chi connectivity index (χ0) is 23.9. The molecule has 7 heteroatoms. The first-order valence-electron chi connectivity index (χ1n) is 11.7. The number of likely N-dealkylation sites (tertiary alicyclic amines) is 1. The van der Waals surface area contributed by atoms with Crippen molar-refractivity contribution in [3.05, 3.63) is 77.1 Å². The van der Waals surface area contributed by atoms with Gasteiger partial charge in [-0.2, -0.15) is 0 Å². The number of piperidine rings is 1. The zero-order valence-electron chi connectivity index (χ0n) is 19.8. The van der Waals surface area contributed by atoms with Gasteiger partial charge in [-0.25, -0.2) is 0 Å². The van der Waals surface area contributed by atoms with Crippen LogP contribution >= 0.6 is 0 Å². The molecule has 1 spiro atoms. The molecule has 1 saturated heterocycles. The lowest BCUT2D eigenvalue weighted by molar-refractivity contribution is -0.00938. The first-order chi connectivity index (χ1) is 16.5. The number of nitrogens with zero attached hydrogens (tertiary/aromatic N) is 2. The van der Waals surface area contributed by atoms with Crippen molar-refractivity contribution < 1.29 is 19.1 Å². The molecular weight excluding hydrogens is 430 g/mol. The number of carbonyl (C=O) groups excluding carboxylic acids is 2. The number of methoxy groups -OCH3 is 1. The summed E-state index contributed by atoms with van der Waals surface area (Å²) in [5.41, 5.74) is 3.73. The molecule has 0 aliphatic carbocycles. The third-order valence-corrected chi connectivity index (χ3v) is 7.00. The summed E-state index contributed by atoms with van der Waals surface area (Å²) in [4.78, 5) is 27.3. The number of carbonyl (C=O) groups is 2. The van der Waals surface area contributed by atoms with Crippen molar-refractivity contribution in [3.63, 3.8) is 0 Å². The summed E-state index contributed by atoms with van der Waals surface area (Å²) in [6, 6.07) is 15.3. The molecule has 0 radical (unpaired) electrons. The second kappa shape index (κ2) is 8.56. The Kier molecular flexibility index (Phi) is 5.55. The van der Waals surface area contributed by atoms with Crippen molar-refractivity contribution in [2.24, 2.45) is 0 Å². The molecule has 2 aliphatic rings. The van der Waals surface area contributed by atoms with E-state index in [4.69, 9.17) is 9.47 Å². The predicted octanol–water partition coefficient (Wildman–Crippen LogP) is 3.93. The average molecular weight is 460 g/mol. The first-order valence-corrected chi connectivity index (χ1v) is 11.7. The zero-order valence-corrected chi connectivity index (χ0v) is 19.8. The molecule has 2 aromatic carbocycles. The van der Waals surface area contributed by atoms with Crippen LogP contribution in [0.25, 0.3) is 5.69 Å². The van der Waals surface area contributed by atoms with Gasteiger partial charge in [-0.3, -0.25) is 9.59 Å². The summed E-state index contributed by atoms with van der Waals surface area (Å²) < 4.78 is 14.2. The van der Waals surface area contributed by atoms with Crippen molar-refractivity contribution in [1.29, 1.82) is 0 Å². The number of aryl methyl sites for hydroxylation is 1. The lowest BCUT2D eigenvalue weighted by Crippen LogP contribution is -2.50. The Morgan fingerprint density at radius 2 is 1.85 bits per heavy atom. The highest BCUT2D eigenvalue weighted by Gasteiger charge is 2.44. The lowest BCUT2D eigenvalue weighted by Gasteiger charge is -2.45. The number of hydrogen-bond donors (Lipinski definition) is 1. The Morgan fingerprint density at radius 1 is 1.09 bits per heavy atom. The summed E-state index contributed by atoms with van der Waals surface area (Å²) >= 11 is 0. The maximum absolute atomic E-state index is 13.3. The SMILES string of the molecule is CCc1ccc(C(=O)N2CCC3(CC2)Oc2cc(C(=O)NC)ccc2-n2cccc23)cc1OC. The lowest BCUT2D eigenvalue weighted by atomic mass is 9.86. The quantitative estimate of drug-likeness (QED) is 0.642. The minimum absolute atomic E-state index is 0.00398. The van der Waals surface area contributed by atoms with Crippen LogP contribution in [0, 0.1) is 0 Å². The molecule has 3 heterocycles. The van der Waals surface area contributed by atoms with Gasteiger partial charge in [0.25, 0.3) is 11.8 Å². The number of rotatable bonds is 4. The molecule has 1 aromatic heterocycles. The van der Waals surface area contributed by atoms with Crippen molar-refractivity contribution in [3.8, 4) is 17.2 Å². The number of fused-ring (bicyclic) bond motifs is 4. The molecule has 2 aliphatic heterocycles. The van der Waals surface area contributed by atoms with Crippen molar-refractivity contribution in [2.75, 3.05) is 27.2 Å². The Bertz CT molecular complexity index is 1250. The largest absolute Gasteiger partial charge is 0.496 e. The smallest absolute Gasteiger partial charge is 0.253 e. The fraction of sp³-hybridized carbons (Fsp3) is 0.333. The Balaban J connectivity index is 1.39. The van der Waals surface area contributed by atoms with Crippen LogP contribution in [0.15, 0.2) is 54.7 Å². The van der Waals surface area contributed by atoms with E-state index in [0.29, 0.717) is 42.8 Å². The van der Waals surface area contributed by atoms with Gasteiger partial charge in [0.2, 0.25) is 0 Å². The highest BCUT2D eigenvalue weighted by Crippen LogP contribution is 2.45. The number of nitrogens with one attached hydrogen (secondary N) is 1. The molecular formula is C27H29N3O4. The Labute approximate surface area is 199 Å². The van der Waals surface area contributed by atoms with Gasteiger partial charge >= 0.3 is 0 Å². The third kappa shape index (κ3) is 3.52. The van der Waals surface area contributed by atoms with Crippen LogP contribution in [0.4, 0.5) is 0 Å². The van der Waals surface area contributed by atoms with Crippen LogP contribution < -0.4 is 14.8 Å². The van der Waals surface area contributed by atoms with E-state index in [2.05, 4.69) is 22.9 Å². The van der Waals surface area contributed by atoms with Crippen LogP contribution in [0.2, 0.25) is 0 Å². The molecule has 34 heavy (non-hydrogen) atoms. The van der Waals surface area contributed by atoms with Gasteiger partial charge in [0, 0.05) is 50.3 Å². The van der Waals surface area contributed by atoms with Crippen LogP contribution in [-0.2, 0) is 12.0 Å². The second-order valence-electron chi connectivity index (χ2n) is 8.79. The van der Waals surface area contributed by atoms with E-state index >= 15 is 0 Å². The maximum Gasteiger partial charge on any atom is 0.253 e. The fourth-order valence-electron chi connectivity index (χ4n) is 5.09. The normalized spacial score (nSPS) is 15.8. The monoisotopic (exact) mass is 459 g/mol. The van der Waals surface area contributed by atoms with E-state index < -0.39 is 5.60 Å². The standard InChI is InChI=1S/C27H29N3O4/c1-4-18-7-8-20(17-22(18)33-3)26(32)29-14-11-27(12-15-29)24-6-5-13-30(24)21-10-9-19(25(31)28-2)16-23(21)34-27/h5-10,13,16-17H,4,11-12,14-15H2,1-3H3,(H,28,31). The second-order valence-corrected chi connectivity index (χ2v) is 8.79. The van der Waals surface area contributed by atoms with Gasteiger partial charge in [0.1, 0.15) is 11.5 Å². The van der Waals surface area contributed by atoms with E-state index in [1.165, 1.54) is 0 Å². The third-order valence-electron chi connectivity index (χ3n) is 7.00. The van der Waals surface area contributed by atoms with Gasteiger partial charge in [0.05, 0.1) is 18.5 Å². The highest BCUT2D eigenvalue weighted by atomic mass is 16.5. The van der Waals surface area contributed by atoms with Gasteiger partial charge in [-0.05, 0) is 54.4 Å². The Hall–Kier alpha value is -3.74. The molecule has 0 bridgehead atoms. The first kappa shape index (κ1) is 22.1. The van der Waals surface area contributed by atoms with Gasteiger partial charge < -0.3 is 24.3 Å². The summed E-state index contributed by atoms with van der Waals surface area (Å²) in [5.74, 6) is 1.29. The maximum atomic E-state index is 13.3. The Morgan fingerprint density at radius 3 is 2.56 bits per heavy atom. The molecule has 0 unspecified atom stereocenters. The summed E-state index contributed by atoms with van der Waals surface area (Å²) in [5, 5.41) is 2.67. The average Bonchev–Trinajstić information content (AvgIpc) is 3.39. The topological polar surface area (TPSA) is 72.8 Å². The van der Waals surface area contributed by atoms with E-state index in [9.17, 15) is 9.59 Å². The molecule has 0 saturated carbocycles. The number of benzene rings is 2. The van der Waals surface area contributed by atoms with Gasteiger partial charge in [0.15, 0.2) is 5.60 Å². The molecule has 3 aromatic rings.